The maximum Gasteiger partial charge on any atom is 0.341 e. The van der Waals surface area contributed by atoms with Crippen LogP contribution in [0.4, 0.5) is 5.00 Å². The summed E-state index contributed by atoms with van der Waals surface area (Å²) in [5, 5.41) is 3.00. The summed E-state index contributed by atoms with van der Waals surface area (Å²) in [7, 11) is 0. The number of rotatable bonds is 8. The van der Waals surface area contributed by atoms with E-state index in [1.54, 1.807) is 20.8 Å². The van der Waals surface area contributed by atoms with E-state index in [4.69, 9.17) is 9.47 Å². The summed E-state index contributed by atoms with van der Waals surface area (Å²) in [6.45, 7) is 8.05. The molecule has 1 N–H and O–H groups in total. The molecule has 150 valence electrons. The van der Waals surface area contributed by atoms with Crippen molar-refractivity contribution in [2.24, 2.45) is 5.92 Å². The highest BCUT2D eigenvalue weighted by Gasteiger charge is 2.30. The van der Waals surface area contributed by atoms with Gasteiger partial charge in [-0.3, -0.25) is 9.59 Å². The van der Waals surface area contributed by atoms with Crippen LogP contribution in [0.25, 0.3) is 0 Å². The maximum absolute atomic E-state index is 12.6. The smallest absolute Gasteiger partial charge is 0.341 e. The highest BCUT2D eigenvalue weighted by Crippen LogP contribution is 2.40. The first-order valence-electron chi connectivity index (χ1n) is 9.27. The van der Waals surface area contributed by atoms with Crippen molar-refractivity contribution in [3.8, 4) is 0 Å². The normalized spacial score (nSPS) is 17.0. The van der Waals surface area contributed by atoms with E-state index in [0.29, 0.717) is 29.7 Å². The van der Waals surface area contributed by atoms with Crippen molar-refractivity contribution in [1.82, 2.24) is 0 Å². The van der Waals surface area contributed by atoms with Gasteiger partial charge in [-0.2, -0.15) is 0 Å². The molecule has 1 aliphatic carbocycles. The molecular weight excluding hydrogens is 386 g/mol. The van der Waals surface area contributed by atoms with Gasteiger partial charge in [0, 0.05) is 4.88 Å². The van der Waals surface area contributed by atoms with Gasteiger partial charge in [-0.1, -0.05) is 6.92 Å². The lowest BCUT2D eigenvalue weighted by molar-refractivity contribution is -0.139. The zero-order chi connectivity index (χ0) is 20.0. The Morgan fingerprint density at radius 2 is 1.96 bits per heavy atom. The summed E-state index contributed by atoms with van der Waals surface area (Å²) in [4.78, 5) is 37.7. The van der Waals surface area contributed by atoms with E-state index in [9.17, 15) is 14.4 Å². The third-order valence-corrected chi connectivity index (χ3v) is 6.64. The SMILES string of the molecule is CCOC(=O)CS[C@@H](C)C(=O)Nc1sc2c(c1C(=O)OCC)CC[C@H](C)C2. The Kier molecular flexibility index (Phi) is 8.16. The predicted molar refractivity (Wildman–Crippen MR) is 109 cm³/mol. The molecular formula is C19H27NO5S2. The molecule has 0 spiro atoms. The second-order valence-corrected chi connectivity index (χ2v) is 8.96. The van der Waals surface area contributed by atoms with Gasteiger partial charge in [-0.05, 0) is 51.5 Å². The summed E-state index contributed by atoms with van der Waals surface area (Å²) < 4.78 is 10.1. The molecule has 0 saturated carbocycles. The lowest BCUT2D eigenvalue weighted by Crippen LogP contribution is -2.25. The summed E-state index contributed by atoms with van der Waals surface area (Å²) in [5.41, 5.74) is 1.51. The zero-order valence-electron chi connectivity index (χ0n) is 16.3. The van der Waals surface area contributed by atoms with Crippen LogP contribution in [0.1, 0.15) is 54.9 Å². The van der Waals surface area contributed by atoms with Crippen LogP contribution >= 0.6 is 23.1 Å². The summed E-state index contributed by atoms with van der Waals surface area (Å²) in [5.74, 6) is -0.275. The lowest BCUT2D eigenvalue weighted by atomic mass is 9.88. The maximum atomic E-state index is 12.6. The summed E-state index contributed by atoms with van der Waals surface area (Å²) in [6.07, 6.45) is 2.76. The lowest BCUT2D eigenvalue weighted by Gasteiger charge is -2.18. The monoisotopic (exact) mass is 413 g/mol. The number of ether oxygens (including phenoxy) is 2. The molecule has 0 aromatic carbocycles. The molecule has 2 rings (SSSR count). The fourth-order valence-corrected chi connectivity index (χ4v) is 5.02. The first-order chi connectivity index (χ1) is 12.9. The Morgan fingerprint density at radius 1 is 1.26 bits per heavy atom. The number of thiophene rings is 1. The van der Waals surface area contributed by atoms with E-state index < -0.39 is 5.25 Å². The van der Waals surface area contributed by atoms with Crippen LogP contribution in [-0.2, 0) is 31.9 Å². The Morgan fingerprint density at radius 3 is 2.63 bits per heavy atom. The van der Waals surface area contributed by atoms with Crippen molar-refractivity contribution in [3.05, 3.63) is 16.0 Å². The minimum absolute atomic E-state index is 0.117. The van der Waals surface area contributed by atoms with Crippen LogP contribution in [-0.4, -0.2) is 42.1 Å². The van der Waals surface area contributed by atoms with Crippen LogP contribution in [0.2, 0.25) is 0 Å². The molecule has 1 aliphatic rings. The molecule has 27 heavy (non-hydrogen) atoms. The Bertz CT molecular complexity index is 701. The Balaban J connectivity index is 2.13. The largest absolute Gasteiger partial charge is 0.465 e. The van der Waals surface area contributed by atoms with Crippen LogP contribution in [0.15, 0.2) is 0 Å². The van der Waals surface area contributed by atoms with Crippen molar-refractivity contribution in [2.75, 3.05) is 24.3 Å². The van der Waals surface area contributed by atoms with E-state index >= 15 is 0 Å². The molecule has 0 aliphatic heterocycles. The number of esters is 2. The van der Waals surface area contributed by atoms with E-state index in [0.717, 1.165) is 29.7 Å². The van der Waals surface area contributed by atoms with E-state index in [1.165, 1.54) is 23.1 Å². The van der Waals surface area contributed by atoms with Gasteiger partial charge in [0.2, 0.25) is 5.91 Å². The number of hydrogen-bond acceptors (Lipinski definition) is 7. The molecule has 0 unspecified atom stereocenters. The molecule has 0 fully saturated rings. The number of carbonyl (C=O) groups excluding carboxylic acids is 3. The van der Waals surface area contributed by atoms with Gasteiger partial charge < -0.3 is 14.8 Å². The van der Waals surface area contributed by atoms with Gasteiger partial charge in [0.25, 0.3) is 0 Å². The minimum Gasteiger partial charge on any atom is -0.465 e. The molecule has 0 bridgehead atoms. The predicted octanol–water partition coefficient (Wildman–Crippen LogP) is 3.67. The van der Waals surface area contributed by atoms with Crippen molar-refractivity contribution < 1.29 is 23.9 Å². The average molecular weight is 414 g/mol. The van der Waals surface area contributed by atoms with Gasteiger partial charge in [0.05, 0.1) is 29.8 Å². The second-order valence-electron chi connectivity index (χ2n) is 6.52. The van der Waals surface area contributed by atoms with Gasteiger partial charge in [0.1, 0.15) is 5.00 Å². The first kappa shape index (κ1) is 21.8. The molecule has 8 heteroatoms. The molecule has 2 atom stereocenters. The summed E-state index contributed by atoms with van der Waals surface area (Å²) >= 11 is 2.68. The Hall–Kier alpha value is -1.54. The second kappa shape index (κ2) is 10.1. The number of nitrogens with one attached hydrogen (secondary N) is 1. The fraction of sp³-hybridized carbons (Fsp3) is 0.632. The number of hydrogen-bond donors (Lipinski definition) is 1. The highest BCUT2D eigenvalue weighted by atomic mass is 32.2. The van der Waals surface area contributed by atoms with E-state index in [2.05, 4.69) is 12.2 Å². The molecule has 1 amide bonds. The molecule has 0 radical (unpaired) electrons. The zero-order valence-corrected chi connectivity index (χ0v) is 17.9. The Labute approximate surface area is 168 Å². The molecule has 1 aromatic heterocycles. The highest BCUT2D eigenvalue weighted by molar-refractivity contribution is 8.01. The minimum atomic E-state index is -0.442. The van der Waals surface area contributed by atoms with Crippen molar-refractivity contribution in [2.45, 2.75) is 52.2 Å². The number of thioether (sulfide) groups is 1. The quantitative estimate of drug-likeness (QED) is 0.655. The topological polar surface area (TPSA) is 81.7 Å². The molecule has 1 heterocycles. The third kappa shape index (κ3) is 5.72. The van der Waals surface area contributed by atoms with Crippen molar-refractivity contribution >= 4 is 45.9 Å². The summed E-state index contributed by atoms with van der Waals surface area (Å²) in [6, 6.07) is 0. The van der Waals surface area contributed by atoms with E-state index in [1.807, 2.05) is 0 Å². The van der Waals surface area contributed by atoms with Crippen molar-refractivity contribution in [1.29, 1.82) is 0 Å². The molecule has 6 nitrogen and oxygen atoms in total. The fourth-order valence-electron chi connectivity index (χ4n) is 2.94. The number of anilines is 1. The first-order valence-corrected chi connectivity index (χ1v) is 11.1. The van der Waals surface area contributed by atoms with Crippen LogP contribution in [0.3, 0.4) is 0 Å². The number of fused-ring (bicyclic) bond motifs is 1. The van der Waals surface area contributed by atoms with Gasteiger partial charge >= 0.3 is 11.9 Å². The molecule has 0 saturated heterocycles. The van der Waals surface area contributed by atoms with Crippen LogP contribution in [0.5, 0.6) is 0 Å². The third-order valence-electron chi connectivity index (χ3n) is 4.35. The number of amides is 1. The molecule has 1 aromatic rings. The van der Waals surface area contributed by atoms with Crippen molar-refractivity contribution in [3.63, 3.8) is 0 Å². The number of carbonyl (C=O) groups is 3. The standard InChI is InChI=1S/C19H27NO5S2/c1-5-24-15(21)10-26-12(4)17(22)20-18-16(19(23)25-6-2)13-8-7-11(3)9-14(13)27-18/h11-12H,5-10H2,1-4H3,(H,20,22)/t11-,12-/m0/s1. The average Bonchev–Trinajstić information content (AvgIpc) is 2.96. The van der Waals surface area contributed by atoms with Crippen LogP contribution in [0, 0.1) is 5.92 Å². The van der Waals surface area contributed by atoms with Gasteiger partial charge in [-0.25, -0.2) is 4.79 Å². The van der Waals surface area contributed by atoms with E-state index in [-0.39, 0.29) is 23.6 Å². The van der Waals surface area contributed by atoms with Gasteiger partial charge in [-0.15, -0.1) is 23.1 Å². The van der Waals surface area contributed by atoms with Crippen LogP contribution < -0.4 is 5.32 Å². The van der Waals surface area contributed by atoms with Gasteiger partial charge in [0.15, 0.2) is 0 Å².